The van der Waals surface area contributed by atoms with Gasteiger partial charge in [0.05, 0.1) is 24.0 Å². The summed E-state index contributed by atoms with van der Waals surface area (Å²) in [6.45, 7) is 5.61. The van der Waals surface area contributed by atoms with Crippen molar-refractivity contribution in [1.82, 2.24) is 9.88 Å². The molecule has 1 aliphatic rings. The number of piperidine rings is 1. The van der Waals surface area contributed by atoms with Crippen molar-refractivity contribution < 1.29 is 9.13 Å². The Hall–Kier alpha value is -1.04. The third-order valence-electron chi connectivity index (χ3n) is 4.10. The molecule has 1 unspecified atom stereocenters. The van der Waals surface area contributed by atoms with Crippen LogP contribution in [0.4, 0.5) is 4.39 Å². The molecule has 2 rings (SSSR count). The Morgan fingerprint density at radius 1 is 1.43 bits per heavy atom. The number of likely N-dealkylation sites (tertiary alicyclic amines) is 1. The van der Waals surface area contributed by atoms with E-state index in [1.807, 2.05) is 0 Å². The van der Waals surface area contributed by atoms with Crippen LogP contribution >= 0.6 is 0 Å². The predicted molar refractivity (Wildman–Crippen MR) is 81.4 cm³/mol. The summed E-state index contributed by atoms with van der Waals surface area (Å²) < 4.78 is 18.8. The van der Waals surface area contributed by atoms with Crippen LogP contribution in [0.3, 0.4) is 0 Å². The number of halogens is 1. The molecule has 1 aromatic rings. The summed E-state index contributed by atoms with van der Waals surface area (Å²) in [6, 6.07) is 3.57. The summed E-state index contributed by atoms with van der Waals surface area (Å²) in [5, 5.41) is 0. The molecule has 1 saturated heterocycles. The number of pyridine rings is 1. The van der Waals surface area contributed by atoms with E-state index in [1.165, 1.54) is 12.3 Å². The Labute approximate surface area is 126 Å². The van der Waals surface area contributed by atoms with Crippen LogP contribution in [0, 0.1) is 5.82 Å². The van der Waals surface area contributed by atoms with E-state index < -0.39 is 0 Å². The quantitative estimate of drug-likeness (QED) is 0.785. The van der Waals surface area contributed by atoms with Crippen LogP contribution in [0.5, 0.6) is 0 Å². The van der Waals surface area contributed by atoms with E-state index >= 15 is 0 Å². The highest BCUT2D eigenvalue weighted by atomic mass is 19.1. The zero-order chi connectivity index (χ0) is 15.1. The Balaban J connectivity index is 1.86. The van der Waals surface area contributed by atoms with Crippen LogP contribution in [0.2, 0.25) is 0 Å². The maximum absolute atomic E-state index is 13.0. The Kier molecular flexibility index (Phi) is 6.54. The number of hydrogen-bond donors (Lipinski definition) is 1. The molecule has 118 valence electrons. The zero-order valence-corrected chi connectivity index (χ0v) is 12.8. The standard InChI is InChI=1S/C16H26FN3O/c1-2-16(15-5-4-13(17)12-19-15)20-9-6-14(7-10-20)21-11-3-8-18/h4-5,12,14,16H,2-3,6-11,18H2,1H3. The largest absolute Gasteiger partial charge is 0.378 e. The third-order valence-corrected chi connectivity index (χ3v) is 4.10. The first-order valence-corrected chi connectivity index (χ1v) is 7.91. The van der Waals surface area contributed by atoms with Gasteiger partial charge in [0.1, 0.15) is 5.82 Å². The van der Waals surface area contributed by atoms with Crippen molar-refractivity contribution in [2.24, 2.45) is 5.73 Å². The molecule has 21 heavy (non-hydrogen) atoms. The highest BCUT2D eigenvalue weighted by Crippen LogP contribution is 2.27. The van der Waals surface area contributed by atoms with Gasteiger partial charge in [-0.05, 0) is 44.4 Å². The fourth-order valence-electron chi connectivity index (χ4n) is 2.93. The molecule has 1 aliphatic heterocycles. The molecule has 4 nitrogen and oxygen atoms in total. The van der Waals surface area contributed by atoms with Gasteiger partial charge in [-0.3, -0.25) is 9.88 Å². The average molecular weight is 295 g/mol. The molecule has 0 spiro atoms. The van der Waals surface area contributed by atoms with E-state index in [1.54, 1.807) is 6.07 Å². The molecule has 2 heterocycles. The smallest absolute Gasteiger partial charge is 0.141 e. The number of aromatic nitrogens is 1. The molecule has 0 saturated carbocycles. The predicted octanol–water partition coefficient (Wildman–Crippen LogP) is 2.50. The zero-order valence-electron chi connectivity index (χ0n) is 12.8. The van der Waals surface area contributed by atoms with Crippen LogP contribution < -0.4 is 5.73 Å². The number of ether oxygens (including phenoxy) is 1. The molecule has 1 atom stereocenters. The van der Waals surface area contributed by atoms with Gasteiger partial charge in [-0.25, -0.2) is 4.39 Å². The molecule has 0 aliphatic carbocycles. The van der Waals surface area contributed by atoms with Crippen molar-refractivity contribution in [3.63, 3.8) is 0 Å². The van der Waals surface area contributed by atoms with Crippen LogP contribution in [-0.2, 0) is 4.74 Å². The summed E-state index contributed by atoms with van der Waals surface area (Å²) >= 11 is 0. The Morgan fingerprint density at radius 3 is 2.76 bits per heavy atom. The minimum Gasteiger partial charge on any atom is -0.378 e. The highest BCUT2D eigenvalue weighted by molar-refractivity contribution is 5.10. The van der Waals surface area contributed by atoms with E-state index in [0.717, 1.165) is 51.1 Å². The van der Waals surface area contributed by atoms with Crippen molar-refractivity contribution in [3.8, 4) is 0 Å². The average Bonchev–Trinajstić information content (AvgIpc) is 2.52. The van der Waals surface area contributed by atoms with E-state index in [2.05, 4.69) is 16.8 Å². The first-order chi connectivity index (χ1) is 10.2. The molecular weight excluding hydrogens is 269 g/mol. The molecule has 0 radical (unpaired) electrons. The highest BCUT2D eigenvalue weighted by Gasteiger charge is 2.26. The van der Waals surface area contributed by atoms with Gasteiger partial charge in [0.15, 0.2) is 0 Å². The lowest BCUT2D eigenvalue weighted by molar-refractivity contribution is -0.00339. The van der Waals surface area contributed by atoms with E-state index in [9.17, 15) is 4.39 Å². The lowest BCUT2D eigenvalue weighted by atomic mass is 10.0. The maximum Gasteiger partial charge on any atom is 0.141 e. The van der Waals surface area contributed by atoms with Crippen LogP contribution in [0.15, 0.2) is 18.3 Å². The van der Waals surface area contributed by atoms with E-state index in [-0.39, 0.29) is 11.9 Å². The summed E-state index contributed by atoms with van der Waals surface area (Å²) in [5.41, 5.74) is 6.44. The van der Waals surface area contributed by atoms with Crippen LogP contribution in [0.25, 0.3) is 0 Å². The van der Waals surface area contributed by atoms with Gasteiger partial charge in [-0.1, -0.05) is 6.92 Å². The monoisotopic (exact) mass is 295 g/mol. The molecule has 0 aromatic carbocycles. The lowest BCUT2D eigenvalue weighted by Crippen LogP contribution is -2.39. The first-order valence-electron chi connectivity index (χ1n) is 7.91. The van der Waals surface area contributed by atoms with Gasteiger partial charge in [-0.2, -0.15) is 0 Å². The van der Waals surface area contributed by atoms with Crippen molar-refractivity contribution >= 4 is 0 Å². The van der Waals surface area contributed by atoms with Gasteiger partial charge in [0, 0.05) is 19.7 Å². The molecule has 1 fully saturated rings. The molecule has 0 amide bonds. The fraction of sp³-hybridized carbons (Fsp3) is 0.688. The minimum atomic E-state index is -0.277. The number of nitrogens with zero attached hydrogens (tertiary/aromatic N) is 2. The van der Waals surface area contributed by atoms with E-state index in [0.29, 0.717) is 12.6 Å². The van der Waals surface area contributed by atoms with Gasteiger partial charge in [0.2, 0.25) is 0 Å². The second-order valence-corrected chi connectivity index (χ2v) is 5.57. The number of nitrogens with two attached hydrogens (primary N) is 1. The normalized spacial score (nSPS) is 18.8. The summed E-state index contributed by atoms with van der Waals surface area (Å²) in [5.74, 6) is -0.277. The van der Waals surface area contributed by atoms with Gasteiger partial charge in [0.25, 0.3) is 0 Å². The topological polar surface area (TPSA) is 51.4 Å². The second-order valence-electron chi connectivity index (χ2n) is 5.57. The summed E-state index contributed by atoms with van der Waals surface area (Å²) in [4.78, 5) is 6.68. The van der Waals surface area contributed by atoms with Crippen molar-refractivity contribution in [2.75, 3.05) is 26.2 Å². The Bertz CT molecular complexity index is 404. The summed E-state index contributed by atoms with van der Waals surface area (Å²) in [7, 11) is 0. The van der Waals surface area contributed by atoms with Crippen molar-refractivity contribution in [2.45, 2.75) is 44.8 Å². The lowest BCUT2D eigenvalue weighted by Gasteiger charge is -2.36. The molecule has 5 heteroatoms. The number of hydrogen-bond acceptors (Lipinski definition) is 4. The SMILES string of the molecule is CCC(c1ccc(F)cn1)N1CCC(OCCCN)CC1. The van der Waals surface area contributed by atoms with Crippen LogP contribution in [0.1, 0.15) is 44.3 Å². The minimum absolute atomic E-state index is 0.274. The van der Waals surface area contributed by atoms with Gasteiger partial charge >= 0.3 is 0 Å². The van der Waals surface area contributed by atoms with Crippen LogP contribution in [-0.4, -0.2) is 42.2 Å². The van der Waals surface area contributed by atoms with Crippen molar-refractivity contribution in [3.05, 3.63) is 29.8 Å². The van der Waals surface area contributed by atoms with Gasteiger partial charge in [-0.15, -0.1) is 0 Å². The van der Waals surface area contributed by atoms with Crippen molar-refractivity contribution in [1.29, 1.82) is 0 Å². The third kappa shape index (κ3) is 4.73. The molecular formula is C16H26FN3O. The first kappa shape index (κ1) is 16.3. The fourth-order valence-corrected chi connectivity index (χ4v) is 2.93. The number of rotatable bonds is 7. The second kappa shape index (κ2) is 8.41. The Morgan fingerprint density at radius 2 is 2.19 bits per heavy atom. The van der Waals surface area contributed by atoms with Gasteiger partial charge < -0.3 is 10.5 Å². The van der Waals surface area contributed by atoms with E-state index in [4.69, 9.17) is 10.5 Å². The summed E-state index contributed by atoms with van der Waals surface area (Å²) in [6.07, 6.45) is 5.66. The molecule has 0 bridgehead atoms. The molecule has 2 N–H and O–H groups in total. The maximum atomic E-state index is 13.0. The molecule has 1 aromatic heterocycles.